The number of benzene rings is 1. The summed E-state index contributed by atoms with van der Waals surface area (Å²) < 4.78 is 19.3. The third kappa shape index (κ3) is 4.04. The number of rotatable bonds is 5. The minimum Gasteiger partial charge on any atom is -0.497 e. The van der Waals surface area contributed by atoms with Gasteiger partial charge in [-0.15, -0.1) is 0 Å². The number of ether oxygens (including phenoxy) is 1. The summed E-state index contributed by atoms with van der Waals surface area (Å²) in [6, 6.07) is 5.00. The largest absolute Gasteiger partial charge is 0.497 e. The number of nitrogens with zero attached hydrogens (tertiary/aromatic N) is 3. The molecule has 4 rings (SSSR count). The molecule has 7 heteroatoms. The zero-order valence-electron chi connectivity index (χ0n) is 15.4. The van der Waals surface area contributed by atoms with E-state index in [4.69, 9.17) is 4.74 Å². The first-order chi connectivity index (χ1) is 13.1. The Morgan fingerprint density at radius 1 is 1.26 bits per heavy atom. The van der Waals surface area contributed by atoms with Crippen LogP contribution in [0.25, 0.3) is 0 Å². The lowest BCUT2D eigenvalue weighted by Gasteiger charge is -2.35. The maximum atomic E-state index is 14.3. The zero-order valence-corrected chi connectivity index (χ0v) is 15.4. The van der Waals surface area contributed by atoms with E-state index >= 15 is 0 Å². The smallest absolute Gasteiger partial charge is 0.144 e. The van der Waals surface area contributed by atoms with Gasteiger partial charge in [0.2, 0.25) is 0 Å². The van der Waals surface area contributed by atoms with Crippen molar-refractivity contribution in [3.63, 3.8) is 0 Å². The highest BCUT2D eigenvalue weighted by molar-refractivity contribution is 5.32. The molecule has 0 spiro atoms. The van der Waals surface area contributed by atoms with E-state index < -0.39 is 6.10 Å². The summed E-state index contributed by atoms with van der Waals surface area (Å²) in [7, 11) is 1.54. The SMILES string of the molecule is COc1ccc(CN2C[C@H]3C[C@@H](Nc4cnccn4)[C@H](O)C[C@H]3C2)c(F)c1. The van der Waals surface area contributed by atoms with Gasteiger partial charge < -0.3 is 15.2 Å². The molecule has 2 heterocycles. The molecular weight excluding hydrogens is 347 g/mol. The van der Waals surface area contributed by atoms with Crippen LogP contribution in [0.15, 0.2) is 36.8 Å². The highest BCUT2D eigenvalue weighted by Crippen LogP contribution is 2.38. The van der Waals surface area contributed by atoms with Gasteiger partial charge in [-0.05, 0) is 30.7 Å². The molecule has 2 fully saturated rings. The fourth-order valence-corrected chi connectivity index (χ4v) is 4.40. The van der Waals surface area contributed by atoms with Crippen molar-refractivity contribution in [1.29, 1.82) is 0 Å². The second kappa shape index (κ2) is 7.78. The molecule has 1 saturated carbocycles. The van der Waals surface area contributed by atoms with Crippen molar-refractivity contribution in [1.82, 2.24) is 14.9 Å². The predicted molar refractivity (Wildman–Crippen MR) is 99.9 cm³/mol. The Morgan fingerprint density at radius 2 is 2.07 bits per heavy atom. The summed E-state index contributed by atoms with van der Waals surface area (Å²) >= 11 is 0. The molecule has 0 unspecified atom stereocenters. The Balaban J connectivity index is 1.38. The number of anilines is 1. The molecule has 27 heavy (non-hydrogen) atoms. The molecule has 1 aliphatic heterocycles. The molecule has 1 aromatic carbocycles. The number of fused-ring (bicyclic) bond motifs is 1. The predicted octanol–water partition coefficient (Wildman–Crippen LogP) is 2.31. The van der Waals surface area contributed by atoms with Gasteiger partial charge in [0.15, 0.2) is 0 Å². The summed E-state index contributed by atoms with van der Waals surface area (Å²) in [5.41, 5.74) is 0.684. The van der Waals surface area contributed by atoms with Crippen LogP contribution in [-0.4, -0.2) is 52.3 Å². The van der Waals surface area contributed by atoms with Crippen LogP contribution in [0.3, 0.4) is 0 Å². The number of halogens is 1. The van der Waals surface area contributed by atoms with Gasteiger partial charge in [-0.3, -0.25) is 9.88 Å². The minimum absolute atomic E-state index is 0.0272. The fourth-order valence-electron chi connectivity index (χ4n) is 4.40. The van der Waals surface area contributed by atoms with Gasteiger partial charge in [-0.25, -0.2) is 9.37 Å². The lowest BCUT2D eigenvalue weighted by molar-refractivity contribution is 0.0735. The van der Waals surface area contributed by atoms with Crippen LogP contribution in [-0.2, 0) is 6.54 Å². The van der Waals surface area contributed by atoms with Crippen LogP contribution in [0.2, 0.25) is 0 Å². The summed E-state index contributed by atoms with van der Waals surface area (Å²) in [5, 5.41) is 13.9. The monoisotopic (exact) mass is 372 g/mol. The van der Waals surface area contributed by atoms with Crippen LogP contribution in [0, 0.1) is 17.7 Å². The molecule has 1 saturated heterocycles. The Morgan fingerprint density at radius 3 is 2.78 bits per heavy atom. The first kappa shape index (κ1) is 18.1. The Bertz CT molecular complexity index is 776. The van der Waals surface area contributed by atoms with Crippen LogP contribution >= 0.6 is 0 Å². The average molecular weight is 372 g/mol. The lowest BCUT2D eigenvalue weighted by Crippen LogP contribution is -2.43. The maximum absolute atomic E-state index is 14.3. The van der Waals surface area contributed by atoms with Gasteiger partial charge in [-0.2, -0.15) is 0 Å². The number of hydrogen-bond acceptors (Lipinski definition) is 6. The van der Waals surface area contributed by atoms with Crippen molar-refractivity contribution in [3.05, 3.63) is 48.2 Å². The van der Waals surface area contributed by atoms with E-state index in [0.29, 0.717) is 35.5 Å². The van der Waals surface area contributed by atoms with Crippen molar-refractivity contribution in [2.45, 2.75) is 31.5 Å². The topological polar surface area (TPSA) is 70.5 Å². The molecule has 0 amide bonds. The maximum Gasteiger partial charge on any atom is 0.144 e. The van der Waals surface area contributed by atoms with Crippen LogP contribution in [0.5, 0.6) is 5.75 Å². The van der Waals surface area contributed by atoms with E-state index in [1.54, 1.807) is 30.7 Å². The average Bonchev–Trinajstić information content (AvgIpc) is 3.05. The van der Waals surface area contributed by atoms with Gasteiger partial charge in [0.1, 0.15) is 17.4 Å². The first-order valence-electron chi connectivity index (χ1n) is 9.37. The number of aliphatic hydroxyl groups is 1. The number of likely N-dealkylation sites (tertiary alicyclic amines) is 1. The van der Waals surface area contributed by atoms with E-state index in [2.05, 4.69) is 20.2 Å². The summed E-state index contributed by atoms with van der Waals surface area (Å²) in [4.78, 5) is 10.6. The van der Waals surface area contributed by atoms with Gasteiger partial charge in [0.25, 0.3) is 0 Å². The normalized spacial score (nSPS) is 28.0. The quantitative estimate of drug-likeness (QED) is 0.839. The number of methoxy groups -OCH3 is 1. The summed E-state index contributed by atoms with van der Waals surface area (Å²) in [5.74, 6) is 1.93. The van der Waals surface area contributed by atoms with Crippen molar-refractivity contribution in [2.24, 2.45) is 11.8 Å². The molecule has 0 radical (unpaired) electrons. The Labute approximate surface area is 158 Å². The van der Waals surface area contributed by atoms with Crippen LogP contribution < -0.4 is 10.1 Å². The third-order valence-electron chi connectivity index (χ3n) is 5.77. The standard InChI is InChI=1S/C20H25FN4O2/c1-27-16-3-2-13(17(21)8-16)10-25-11-14-6-18(19(26)7-15(14)12-25)24-20-9-22-4-5-23-20/h2-5,8-9,14-15,18-19,26H,6-7,10-12H2,1H3,(H,23,24)/t14-,15+,18-,19-/m1/s1. The minimum atomic E-state index is -0.411. The van der Waals surface area contributed by atoms with Crippen molar-refractivity contribution < 1.29 is 14.2 Å². The van der Waals surface area contributed by atoms with Gasteiger partial charge in [0, 0.05) is 43.7 Å². The van der Waals surface area contributed by atoms with Gasteiger partial charge in [-0.1, -0.05) is 6.07 Å². The molecule has 2 aromatic rings. The molecule has 1 aliphatic carbocycles. The van der Waals surface area contributed by atoms with Gasteiger partial charge in [0.05, 0.1) is 25.5 Å². The molecule has 2 aliphatic rings. The number of aromatic nitrogens is 2. The first-order valence-corrected chi connectivity index (χ1v) is 9.37. The molecule has 4 atom stereocenters. The van der Waals surface area contributed by atoms with Crippen LogP contribution in [0.4, 0.5) is 10.2 Å². The highest BCUT2D eigenvalue weighted by atomic mass is 19.1. The van der Waals surface area contributed by atoms with E-state index in [1.165, 1.54) is 13.2 Å². The number of hydrogen-bond donors (Lipinski definition) is 2. The van der Waals surface area contributed by atoms with Gasteiger partial charge >= 0.3 is 0 Å². The van der Waals surface area contributed by atoms with E-state index in [-0.39, 0.29) is 11.9 Å². The van der Waals surface area contributed by atoms with Crippen molar-refractivity contribution in [2.75, 3.05) is 25.5 Å². The molecular formula is C20H25FN4O2. The Hall–Kier alpha value is -2.25. The van der Waals surface area contributed by atoms with E-state index in [9.17, 15) is 9.50 Å². The summed E-state index contributed by atoms with van der Waals surface area (Å²) in [6.07, 6.45) is 6.17. The lowest BCUT2D eigenvalue weighted by atomic mass is 9.77. The molecule has 2 N–H and O–H groups in total. The van der Waals surface area contributed by atoms with E-state index in [1.807, 2.05) is 0 Å². The van der Waals surface area contributed by atoms with Crippen molar-refractivity contribution >= 4 is 5.82 Å². The molecule has 6 nitrogen and oxygen atoms in total. The third-order valence-corrected chi connectivity index (χ3v) is 5.77. The number of nitrogens with one attached hydrogen (secondary N) is 1. The molecule has 144 valence electrons. The highest BCUT2D eigenvalue weighted by Gasteiger charge is 2.41. The zero-order chi connectivity index (χ0) is 18.8. The molecule has 0 bridgehead atoms. The number of aliphatic hydroxyl groups excluding tert-OH is 1. The van der Waals surface area contributed by atoms with Crippen molar-refractivity contribution in [3.8, 4) is 5.75 Å². The second-order valence-electron chi connectivity index (χ2n) is 7.55. The summed E-state index contributed by atoms with van der Waals surface area (Å²) in [6.45, 7) is 2.40. The van der Waals surface area contributed by atoms with Crippen LogP contribution in [0.1, 0.15) is 18.4 Å². The molecule has 1 aromatic heterocycles. The Kier molecular flexibility index (Phi) is 5.22. The fraction of sp³-hybridized carbons (Fsp3) is 0.500. The van der Waals surface area contributed by atoms with E-state index in [0.717, 1.165) is 25.9 Å². The second-order valence-corrected chi connectivity index (χ2v) is 7.55.